The van der Waals surface area contributed by atoms with Gasteiger partial charge in [-0.05, 0) is 25.2 Å². The molecule has 104 valence electrons. The quantitative estimate of drug-likeness (QED) is 0.675. The van der Waals surface area contributed by atoms with Crippen LogP contribution < -0.4 is 5.32 Å². The molecule has 0 aromatic rings. The molecule has 1 rings (SSSR count). The van der Waals surface area contributed by atoms with Crippen LogP contribution in [0.2, 0.25) is 0 Å². The average Bonchev–Trinajstić information content (AvgIpc) is 2.38. The van der Waals surface area contributed by atoms with Crippen LogP contribution in [-0.4, -0.2) is 52.9 Å². The molecule has 1 saturated heterocycles. The fourth-order valence-corrected chi connectivity index (χ4v) is 2.11. The van der Waals surface area contributed by atoms with Gasteiger partial charge >= 0.3 is 12.0 Å². The molecule has 0 aliphatic carbocycles. The molecule has 0 saturated carbocycles. The van der Waals surface area contributed by atoms with Crippen LogP contribution in [0.3, 0.4) is 0 Å². The van der Waals surface area contributed by atoms with Crippen LogP contribution in [-0.2, 0) is 4.79 Å². The van der Waals surface area contributed by atoms with Gasteiger partial charge in [0.25, 0.3) is 0 Å². The number of nitrogens with zero attached hydrogens (tertiary/aromatic N) is 1. The lowest BCUT2D eigenvalue weighted by molar-refractivity contribution is -0.139. The second-order valence-corrected chi connectivity index (χ2v) is 4.74. The Hall–Kier alpha value is -1.30. The number of carbonyl (C=O) groups is 2. The number of aliphatic carboxylic acids is 1. The zero-order valence-corrected chi connectivity index (χ0v) is 10.8. The monoisotopic (exact) mass is 258 g/mol. The third-order valence-electron chi connectivity index (χ3n) is 3.33. The minimum atomic E-state index is -0.990. The van der Waals surface area contributed by atoms with Gasteiger partial charge in [0, 0.05) is 19.7 Å². The second-order valence-electron chi connectivity index (χ2n) is 4.74. The first-order valence-electron chi connectivity index (χ1n) is 6.47. The highest BCUT2D eigenvalue weighted by Gasteiger charge is 2.25. The summed E-state index contributed by atoms with van der Waals surface area (Å²) in [6, 6.07) is -1.12. The molecule has 6 heteroatoms. The van der Waals surface area contributed by atoms with E-state index in [4.69, 9.17) is 10.2 Å². The smallest absolute Gasteiger partial charge is 0.326 e. The zero-order chi connectivity index (χ0) is 13.5. The first-order valence-corrected chi connectivity index (χ1v) is 6.47. The van der Waals surface area contributed by atoms with Gasteiger partial charge in [-0.3, -0.25) is 0 Å². The van der Waals surface area contributed by atoms with E-state index in [1.807, 2.05) is 6.92 Å². The third-order valence-corrected chi connectivity index (χ3v) is 3.33. The summed E-state index contributed by atoms with van der Waals surface area (Å²) in [5.74, 6) is -0.726. The summed E-state index contributed by atoms with van der Waals surface area (Å²) >= 11 is 0. The minimum Gasteiger partial charge on any atom is -0.480 e. The number of carboxylic acids is 1. The van der Waals surface area contributed by atoms with Gasteiger partial charge in [0.1, 0.15) is 6.04 Å². The van der Waals surface area contributed by atoms with Crippen molar-refractivity contribution in [3.8, 4) is 0 Å². The van der Waals surface area contributed by atoms with E-state index in [9.17, 15) is 9.59 Å². The van der Waals surface area contributed by atoms with Crippen molar-refractivity contribution in [1.29, 1.82) is 0 Å². The molecule has 0 spiro atoms. The summed E-state index contributed by atoms with van der Waals surface area (Å²) in [5.41, 5.74) is 0. The van der Waals surface area contributed by atoms with E-state index in [2.05, 4.69) is 5.32 Å². The number of carboxylic acid groups (broad SMARTS) is 1. The molecule has 6 nitrogen and oxygen atoms in total. The molecule has 0 aromatic carbocycles. The Morgan fingerprint density at radius 1 is 1.39 bits per heavy atom. The Balaban J connectivity index is 2.42. The molecule has 1 aliphatic rings. The number of nitrogens with one attached hydrogen (secondary N) is 1. The van der Waals surface area contributed by atoms with E-state index in [1.165, 1.54) is 0 Å². The molecule has 1 fully saturated rings. The van der Waals surface area contributed by atoms with Crippen molar-refractivity contribution in [3.63, 3.8) is 0 Å². The first-order chi connectivity index (χ1) is 8.58. The van der Waals surface area contributed by atoms with Crippen molar-refractivity contribution in [1.82, 2.24) is 10.2 Å². The van der Waals surface area contributed by atoms with Gasteiger partial charge in [0.15, 0.2) is 0 Å². The summed E-state index contributed by atoms with van der Waals surface area (Å²) < 4.78 is 0. The van der Waals surface area contributed by atoms with Crippen LogP contribution in [0.15, 0.2) is 0 Å². The van der Waals surface area contributed by atoms with Gasteiger partial charge in [0.05, 0.1) is 0 Å². The summed E-state index contributed by atoms with van der Waals surface area (Å²) in [5, 5.41) is 20.5. The van der Waals surface area contributed by atoms with Gasteiger partial charge in [-0.15, -0.1) is 0 Å². The van der Waals surface area contributed by atoms with Gasteiger partial charge in [0.2, 0.25) is 0 Å². The average molecular weight is 258 g/mol. The summed E-state index contributed by atoms with van der Waals surface area (Å²) in [6.07, 6.45) is 2.70. The van der Waals surface area contributed by atoms with Crippen molar-refractivity contribution in [2.75, 3.05) is 19.7 Å². The van der Waals surface area contributed by atoms with E-state index in [-0.39, 0.29) is 18.6 Å². The fraction of sp³-hybridized carbons (Fsp3) is 0.833. The number of rotatable bonds is 5. The highest BCUT2D eigenvalue weighted by atomic mass is 16.4. The molecule has 0 bridgehead atoms. The number of amides is 2. The van der Waals surface area contributed by atoms with Crippen molar-refractivity contribution < 1.29 is 19.8 Å². The molecule has 0 unspecified atom stereocenters. The maximum atomic E-state index is 11.9. The van der Waals surface area contributed by atoms with Gasteiger partial charge in [-0.1, -0.05) is 13.3 Å². The van der Waals surface area contributed by atoms with Crippen LogP contribution in [0, 0.1) is 5.92 Å². The molecule has 1 heterocycles. The van der Waals surface area contributed by atoms with Gasteiger partial charge < -0.3 is 20.4 Å². The third kappa shape index (κ3) is 4.18. The summed E-state index contributed by atoms with van der Waals surface area (Å²) in [6.45, 7) is 3.20. The van der Waals surface area contributed by atoms with Crippen LogP contribution in [0.25, 0.3) is 0 Å². The van der Waals surface area contributed by atoms with Gasteiger partial charge in [-0.25, -0.2) is 9.59 Å². The Morgan fingerprint density at radius 2 is 2.00 bits per heavy atom. The fourth-order valence-electron chi connectivity index (χ4n) is 2.11. The van der Waals surface area contributed by atoms with Crippen LogP contribution in [0.4, 0.5) is 4.79 Å². The maximum Gasteiger partial charge on any atom is 0.326 e. The number of urea groups is 1. The number of piperidine rings is 1. The molecule has 0 aromatic heterocycles. The molecular formula is C12H22N2O4. The lowest BCUT2D eigenvalue weighted by atomic mass is 9.98. The zero-order valence-electron chi connectivity index (χ0n) is 10.8. The predicted molar refractivity (Wildman–Crippen MR) is 66.2 cm³/mol. The SMILES string of the molecule is CCC[C@H](NC(=O)N1CCC(CO)CC1)C(=O)O. The standard InChI is InChI=1S/C12H22N2O4/c1-2-3-10(11(16)17)13-12(18)14-6-4-9(8-15)5-7-14/h9-10,15H,2-8H2,1H3,(H,13,18)(H,16,17)/t10-/m0/s1. The normalized spacial score (nSPS) is 18.4. The van der Waals surface area contributed by atoms with E-state index in [0.29, 0.717) is 25.9 Å². The summed E-state index contributed by atoms with van der Waals surface area (Å²) in [7, 11) is 0. The Labute approximate surface area is 107 Å². The van der Waals surface area contributed by atoms with Gasteiger partial charge in [-0.2, -0.15) is 0 Å². The molecular weight excluding hydrogens is 236 g/mol. The number of hydrogen-bond acceptors (Lipinski definition) is 3. The predicted octanol–water partition coefficient (Wildman–Crippen LogP) is 0.654. The largest absolute Gasteiger partial charge is 0.480 e. The number of hydrogen-bond donors (Lipinski definition) is 3. The Kier molecular flexibility index (Phi) is 5.91. The highest BCUT2D eigenvalue weighted by Crippen LogP contribution is 2.16. The molecule has 18 heavy (non-hydrogen) atoms. The van der Waals surface area contributed by atoms with Crippen molar-refractivity contribution in [2.24, 2.45) is 5.92 Å². The topological polar surface area (TPSA) is 89.9 Å². The Bertz CT molecular complexity index is 288. The molecule has 0 radical (unpaired) electrons. The highest BCUT2D eigenvalue weighted by molar-refractivity contribution is 5.82. The lowest BCUT2D eigenvalue weighted by Gasteiger charge is -2.32. The van der Waals surface area contributed by atoms with Crippen LogP contribution in [0.5, 0.6) is 0 Å². The van der Waals surface area contributed by atoms with E-state index < -0.39 is 12.0 Å². The van der Waals surface area contributed by atoms with E-state index in [0.717, 1.165) is 12.8 Å². The molecule has 1 aliphatic heterocycles. The Morgan fingerprint density at radius 3 is 2.44 bits per heavy atom. The number of aliphatic hydroxyl groups excluding tert-OH is 1. The molecule has 2 amide bonds. The number of likely N-dealkylation sites (tertiary alicyclic amines) is 1. The van der Waals surface area contributed by atoms with Crippen molar-refractivity contribution in [3.05, 3.63) is 0 Å². The lowest BCUT2D eigenvalue weighted by Crippen LogP contribution is -2.50. The molecule has 3 N–H and O–H groups in total. The van der Waals surface area contributed by atoms with Crippen molar-refractivity contribution in [2.45, 2.75) is 38.6 Å². The maximum absolute atomic E-state index is 11.9. The molecule has 1 atom stereocenters. The van der Waals surface area contributed by atoms with E-state index >= 15 is 0 Å². The first kappa shape index (κ1) is 14.8. The van der Waals surface area contributed by atoms with Crippen LogP contribution in [0.1, 0.15) is 32.6 Å². The number of carbonyl (C=O) groups excluding carboxylic acids is 1. The van der Waals surface area contributed by atoms with Crippen molar-refractivity contribution >= 4 is 12.0 Å². The second kappa shape index (κ2) is 7.20. The van der Waals surface area contributed by atoms with Crippen LogP contribution >= 0.6 is 0 Å². The minimum absolute atomic E-state index is 0.156. The van der Waals surface area contributed by atoms with E-state index in [1.54, 1.807) is 4.90 Å². The summed E-state index contributed by atoms with van der Waals surface area (Å²) in [4.78, 5) is 24.4. The number of aliphatic hydroxyl groups is 1.